The van der Waals surface area contributed by atoms with Crippen LogP contribution in [0, 0.1) is 6.92 Å². The number of hydrogen-bond acceptors (Lipinski definition) is 6. The first-order valence-corrected chi connectivity index (χ1v) is 11.2. The van der Waals surface area contributed by atoms with Crippen LogP contribution in [0.25, 0.3) is 0 Å². The highest BCUT2D eigenvalue weighted by Gasteiger charge is 2.36. The van der Waals surface area contributed by atoms with Crippen molar-refractivity contribution in [2.75, 3.05) is 19.0 Å². The van der Waals surface area contributed by atoms with Gasteiger partial charge in [0.05, 0.1) is 35.6 Å². The van der Waals surface area contributed by atoms with Crippen LogP contribution in [-0.2, 0) is 10.0 Å². The molecule has 0 radical (unpaired) electrons. The van der Waals surface area contributed by atoms with Crippen molar-refractivity contribution in [3.8, 4) is 5.75 Å². The number of sulfonamides is 1. The smallest absolute Gasteiger partial charge is 0.243 e. The van der Waals surface area contributed by atoms with Gasteiger partial charge in [0.15, 0.2) is 0 Å². The predicted molar refractivity (Wildman–Crippen MR) is 115 cm³/mol. The lowest BCUT2D eigenvalue weighted by Crippen LogP contribution is -2.31. The Hall–Kier alpha value is -2.97. The normalized spacial score (nSPS) is 17.1. The molecule has 0 aliphatic carbocycles. The predicted octanol–water partition coefficient (Wildman–Crippen LogP) is 4.06. The number of hydrogen-bond donors (Lipinski definition) is 1. The van der Waals surface area contributed by atoms with Crippen LogP contribution >= 0.6 is 0 Å². The zero-order valence-corrected chi connectivity index (χ0v) is 17.8. The molecule has 1 unspecified atom stereocenters. The summed E-state index contributed by atoms with van der Waals surface area (Å²) in [4.78, 5) is 9.23. The van der Waals surface area contributed by atoms with Crippen molar-refractivity contribution in [2.24, 2.45) is 0 Å². The Morgan fingerprint density at radius 2 is 1.90 bits per heavy atom. The van der Waals surface area contributed by atoms with Crippen molar-refractivity contribution in [1.29, 1.82) is 0 Å². The number of ether oxygens (including phenoxy) is 1. The second-order valence-electron chi connectivity index (χ2n) is 7.21. The summed E-state index contributed by atoms with van der Waals surface area (Å²) in [5.41, 5.74) is 2.47. The number of anilines is 2. The van der Waals surface area contributed by atoms with Crippen LogP contribution in [0.2, 0.25) is 0 Å². The SMILES string of the molecule is COc1ccc(S(=O)(=O)N2CCCC2c2ccc(Nc3cccc(C)n3)cn2)cc1. The van der Waals surface area contributed by atoms with Gasteiger partial charge < -0.3 is 10.1 Å². The lowest BCUT2D eigenvalue weighted by atomic mass is 10.1. The Morgan fingerprint density at radius 1 is 1.10 bits per heavy atom. The molecule has 1 fully saturated rings. The third kappa shape index (κ3) is 4.15. The summed E-state index contributed by atoms with van der Waals surface area (Å²) < 4.78 is 33.1. The molecule has 1 atom stereocenters. The van der Waals surface area contributed by atoms with E-state index >= 15 is 0 Å². The second kappa shape index (κ2) is 8.41. The first kappa shape index (κ1) is 20.3. The van der Waals surface area contributed by atoms with E-state index < -0.39 is 10.0 Å². The van der Waals surface area contributed by atoms with Crippen molar-refractivity contribution in [2.45, 2.75) is 30.7 Å². The van der Waals surface area contributed by atoms with Gasteiger partial charge in [-0.15, -0.1) is 0 Å². The van der Waals surface area contributed by atoms with E-state index in [4.69, 9.17) is 4.74 Å². The molecule has 1 saturated heterocycles. The molecule has 2 aromatic heterocycles. The highest BCUT2D eigenvalue weighted by atomic mass is 32.2. The van der Waals surface area contributed by atoms with E-state index in [0.717, 1.165) is 35.7 Å². The monoisotopic (exact) mass is 424 g/mol. The minimum atomic E-state index is -3.61. The third-order valence-electron chi connectivity index (χ3n) is 5.16. The molecule has 0 amide bonds. The molecule has 1 aliphatic heterocycles. The lowest BCUT2D eigenvalue weighted by Gasteiger charge is -2.24. The molecule has 1 N–H and O–H groups in total. The highest BCUT2D eigenvalue weighted by molar-refractivity contribution is 7.89. The van der Waals surface area contributed by atoms with E-state index in [2.05, 4.69) is 15.3 Å². The van der Waals surface area contributed by atoms with Crippen LogP contribution in [0.5, 0.6) is 5.75 Å². The topological polar surface area (TPSA) is 84.4 Å². The maximum atomic E-state index is 13.2. The van der Waals surface area contributed by atoms with Gasteiger partial charge in [0, 0.05) is 12.2 Å². The van der Waals surface area contributed by atoms with Gasteiger partial charge in [-0.2, -0.15) is 4.31 Å². The van der Waals surface area contributed by atoms with E-state index in [1.165, 1.54) is 0 Å². The molecule has 8 heteroatoms. The lowest BCUT2D eigenvalue weighted by molar-refractivity contribution is 0.390. The first-order valence-electron chi connectivity index (χ1n) is 9.80. The summed E-state index contributed by atoms with van der Waals surface area (Å²) in [7, 11) is -2.06. The fraction of sp³-hybridized carbons (Fsp3) is 0.273. The van der Waals surface area contributed by atoms with Crippen molar-refractivity contribution in [3.63, 3.8) is 0 Å². The Balaban J connectivity index is 1.54. The van der Waals surface area contributed by atoms with Gasteiger partial charge >= 0.3 is 0 Å². The molecule has 0 saturated carbocycles. The van der Waals surface area contributed by atoms with Crippen molar-refractivity contribution >= 4 is 21.5 Å². The minimum Gasteiger partial charge on any atom is -0.497 e. The number of rotatable bonds is 6. The van der Waals surface area contributed by atoms with Gasteiger partial charge in [-0.1, -0.05) is 6.07 Å². The van der Waals surface area contributed by atoms with Crippen LogP contribution in [0.15, 0.2) is 65.7 Å². The average Bonchev–Trinajstić information content (AvgIpc) is 3.25. The fourth-order valence-corrected chi connectivity index (χ4v) is 5.31. The summed E-state index contributed by atoms with van der Waals surface area (Å²) in [6, 6.07) is 15.8. The van der Waals surface area contributed by atoms with Gasteiger partial charge in [-0.3, -0.25) is 4.98 Å². The second-order valence-corrected chi connectivity index (χ2v) is 9.10. The van der Waals surface area contributed by atoms with E-state index in [-0.39, 0.29) is 10.9 Å². The Kier molecular flexibility index (Phi) is 5.69. The van der Waals surface area contributed by atoms with E-state index in [1.54, 1.807) is 41.9 Å². The van der Waals surface area contributed by atoms with Crippen molar-refractivity contribution in [1.82, 2.24) is 14.3 Å². The summed E-state index contributed by atoms with van der Waals surface area (Å²) in [5, 5.41) is 3.22. The Morgan fingerprint density at radius 3 is 2.57 bits per heavy atom. The molecule has 156 valence electrons. The standard InChI is InChI=1S/C22H24N4O3S/c1-16-5-3-7-22(24-16)25-17-8-13-20(23-15-17)21-6-4-14-26(21)30(27,28)19-11-9-18(29-2)10-12-19/h3,5,7-13,15,21H,4,6,14H2,1-2H3,(H,24,25). The molecule has 0 bridgehead atoms. The van der Waals surface area contributed by atoms with E-state index in [1.807, 2.05) is 37.3 Å². The molecule has 7 nitrogen and oxygen atoms in total. The van der Waals surface area contributed by atoms with Crippen molar-refractivity contribution < 1.29 is 13.2 Å². The van der Waals surface area contributed by atoms with Crippen LogP contribution in [0.4, 0.5) is 11.5 Å². The molecule has 1 aliphatic rings. The number of nitrogens with one attached hydrogen (secondary N) is 1. The largest absolute Gasteiger partial charge is 0.497 e. The molecule has 30 heavy (non-hydrogen) atoms. The average molecular weight is 425 g/mol. The molecular weight excluding hydrogens is 400 g/mol. The maximum Gasteiger partial charge on any atom is 0.243 e. The number of nitrogens with zero attached hydrogens (tertiary/aromatic N) is 3. The number of aromatic nitrogens is 2. The molecule has 0 spiro atoms. The third-order valence-corrected chi connectivity index (χ3v) is 7.08. The number of methoxy groups -OCH3 is 1. The Labute approximate surface area is 176 Å². The highest BCUT2D eigenvalue weighted by Crippen LogP contribution is 2.36. The summed E-state index contributed by atoms with van der Waals surface area (Å²) in [6.07, 6.45) is 3.26. The number of aryl methyl sites for hydroxylation is 1. The van der Waals surface area contributed by atoms with Crippen LogP contribution in [0.1, 0.15) is 30.3 Å². The fourth-order valence-electron chi connectivity index (χ4n) is 3.64. The summed E-state index contributed by atoms with van der Waals surface area (Å²) in [5.74, 6) is 1.37. The zero-order valence-electron chi connectivity index (χ0n) is 16.9. The van der Waals surface area contributed by atoms with Crippen LogP contribution < -0.4 is 10.1 Å². The maximum absolute atomic E-state index is 13.2. The van der Waals surface area contributed by atoms with E-state index in [9.17, 15) is 8.42 Å². The molecule has 3 heterocycles. The van der Waals surface area contributed by atoms with Gasteiger partial charge in [-0.05, 0) is 68.3 Å². The number of benzene rings is 1. The van der Waals surface area contributed by atoms with E-state index in [0.29, 0.717) is 12.3 Å². The minimum absolute atomic E-state index is 0.263. The summed E-state index contributed by atoms with van der Waals surface area (Å²) in [6.45, 7) is 2.42. The summed E-state index contributed by atoms with van der Waals surface area (Å²) >= 11 is 0. The molecule has 3 aromatic rings. The van der Waals surface area contributed by atoms with Gasteiger partial charge in [0.2, 0.25) is 10.0 Å². The first-order chi connectivity index (χ1) is 14.5. The van der Waals surface area contributed by atoms with Crippen LogP contribution in [-0.4, -0.2) is 36.3 Å². The molecular formula is C22H24N4O3S. The van der Waals surface area contributed by atoms with Gasteiger partial charge in [-0.25, -0.2) is 13.4 Å². The van der Waals surface area contributed by atoms with Gasteiger partial charge in [0.25, 0.3) is 0 Å². The quantitative estimate of drug-likeness (QED) is 0.642. The molecule has 1 aromatic carbocycles. The number of pyridine rings is 2. The van der Waals surface area contributed by atoms with Crippen LogP contribution in [0.3, 0.4) is 0 Å². The van der Waals surface area contributed by atoms with Crippen molar-refractivity contribution in [3.05, 3.63) is 72.2 Å². The zero-order chi connectivity index (χ0) is 21.1. The van der Waals surface area contributed by atoms with Gasteiger partial charge in [0.1, 0.15) is 11.6 Å². The molecule has 4 rings (SSSR count). The Bertz CT molecular complexity index is 1120.